The van der Waals surface area contributed by atoms with Gasteiger partial charge in [0.2, 0.25) is 0 Å². The molecule has 170 valence electrons. The lowest BCUT2D eigenvalue weighted by molar-refractivity contribution is -0.137. The number of nitrogens with one attached hydrogen (secondary N) is 1. The van der Waals surface area contributed by atoms with Crippen LogP contribution < -0.4 is 14.8 Å². The molecule has 0 bridgehead atoms. The molecule has 3 aromatic carbocycles. The average molecular weight is 474 g/mol. The fourth-order valence-corrected chi connectivity index (χ4v) is 3.64. The first-order valence-corrected chi connectivity index (χ1v) is 10.5. The summed E-state index contributed by atoms with van der Waals surface area (Å²) in [6.45, 7) is 2.48. The Morgan fingerprint density at radius 3 is 2.52 bits per heavy atom. The predicted octanol–water partition coefficient (Wildman–Crippen LogP) is 6.83. The van der Waals surface area contributed by atoms with Crippen molar-refractivity contribution in [2.24, 2.45) is 0 Å². The van der Waals surface area contributed by atoms with E-state index in [9.17, 15) is 18.0 Å². The molecular formula is C25H19ClF3NO3. The minimum atomic E-state index is -4.49. The van der Waals surface area contributed by atoms with E-state index in [1.807, 2.05) is 25.1 Å². The number of anilines is 1. The summed E-state index contributed by atoms with van der Waals surface area (Å²) in [5.74, 6) is 0.510. The van der Waals surface area contributed by atoms with Crippen LogP contribution in [0.3, 0.4) is 0 Å². The summed E-state index contributed by atoms with van der Waals surface area (Å²) in [5, 5.41) is 3.09. The third kappa shape index (κ3) is 4.98. The van der Waals surface area contributed by atoms with E-state index in [2.05, 4.69) is 5.32 Å². The van der Waals surface area contributed by atoms with Gasteiger partial charge in [0.25, 0.3) is 5.91 Å². The minimum Gasteiger partial charge on any atom is -0.490 e. The number of carbonyl (C=O) groups excluding carboxylic acids is 1. The van der Waals surface area contributed by atoms with Crippen LogP contribution in [0.2, 0.25) is 5.02 Å². The second-order valence-electron chi connectivity index (χ2n) is 7.29. The van der Waals surface area contributed by atoms with Crippen LogP contribution in [0.15, 0.2) is 60.7 Å². The summed E-state index contributed by atoms with van der Waals surface area (Å²) < 4.78 is 50.5. The van der Waals surface area contributed by atoms with Gasteiger partial charge in [0.05, 0.1) is 12.2 Å². The highest BCUT2D eigenvalue weighted by molar-refractivity contribution is 6.35. The van der Waals surface area contributed by atoms with Gasteiger partial charge in [0, 0.05) is 27.4 Å². The molecule has 0 spiro atoms. The molecule has 3 aromatic rings. The van der Waals surface area contributed by atoms with Gasteiger partial charge in [-0.15, -0.1) is 0 Å². The van der Waals surface area contributed by atoms with Crippen molar-refractivity contribution < 1.29 is 27.4 Å². The van der Waals surface area contributed by atoms with E-state index < -0.39 is 17.6 Å². The quantitative estimate of drug-likeness (QED) is 0.399. The Labute approximate surface area is 193 Å². The van der Waals surface area contributed by atoms with Crippen LogP contribution >= 0.6 is 11.6 Å². The average Bonchev–Trinajstić information content (AvgIpc) is 3.08. The van der Waals surface area contributed by atoms with Gasteiger partial charge in [0.1, 0.15) is 6.61 Å². The lowest BCUT2D eigenvalue weighted by Crippen LogP contribution is -2.06. The molecule has 0 fully saturated rings. The maximum absolute atomic E-state index is 13.0. The van der Waals surface area contributed by atoms with Crippen LogP contribution in [0.5, 0.6) is 11.5 Å². The molecule has 0 atom stereocenters. The molecule has 8 heteroatoms. The Balaban J connectivity index is 1.62. The first kappa shape index (κ1) is 22.7. The van der Waals surface area contributed by atoms with Crippen LogP contribution in [0, 0.1) is 0 Å². The van der Waals surface area contributed by atoms with E-state index in [4.69, 9.17) is 21.1 Å². The van der Waals surface area contributed by atoms with E-state index in [1.165, 1.54) is 6.07 Å². The van der Waals surface area contributed by atoms with Crippen molar-refractivity contribution in [2.45, 2.75) is 19.7 Å². The van der Waals surface area contributed by atoms with Crippen molar-refractivity contribution in [1.82, 2.24) is 0 Å². The van der Waals surface area contributed by atoms with Gasteiger partial charge in [-0.05, 0) is 48.9 Å². The lowest BCUT2D eigenvalue weighted by atomic mass is 10.0. The van der Waals surface area contributed by atoms with E-state index in [0.29, 0.717) is 34.3 Å². The summed E-state index contributed by atoms with van der Waals surface area (Å²) in [4.78, 5) is 12.4. The molecule has 0 saturated carbocycles. The molecule has 1 heterocycles. The zero-order chi connectivity index (χ0) is 23.6. The molecule has 1 aliphatic heterocycles. The number of carbonyl (C=O) groups is 1. The van der Waals surface area contributed by atoms with Crippen molar-refractivity contribution in [1.29, 1.82) is 0 Å². The highest BCUT2D eigenvalue weighted by Gasteiger charge is 2.33. The smallest absolute Gasteiger partial charge is 0.416 e. The van der Waals surface area contributed by atoms with Gasteiger partial charge in [-0.3, -0.25) is 4.79 Å². The normalized spacial score (nSPS) is 14.2. The van der Waals surface area contributed by atoms with Crippen molar-refractivity contribution in [3.8, 4) is 11.5 Å². The molecule has 0 unspecified atom stereocenters. The molecule has 1 N–H and O–H groups in total. The predicted molar refractivity (Wildman–Crippen MR) is 121 cm³/mol. The Bertz CT molecular complexity index is 1240. The van der Waals surface area contributed by atoms with Crippen LogP contribution in [-0.4, -0.2) is 12.5 Å². The first-order valence-electron chi connectivity index (χ1n) is 10.1. The third-order valence-electron chi connectivity index (χ3n) is 5.05. The molecule has 0 aliphatic carbocycles. The van der Waals surface area contributed by atoms with Gasteiger partial charge in [-0.2, -0.15) is 13.2 Å². The van der Waals surface area contributed by atoms with Gasteiger partial charge in [-0.1, -0.05) is 41.9 Å². The fraction of sp³-hybridized carbons (Fsp3) is 0.160. The van der Waals surface area contributed by atoms with Crippen molar-refractivity contribution >= 4 is 34.8 Å². The third-order valence-corrected chi connectivity index (χ3v) is 5.42. The number of ether oxygens (including phenoxy) is 2. The SMILES string of the molecule is CCOc1cc(/C=C2/C(=O)Nc3cc(C(F)(F)F)ccc32)ccc1OCc1ccccc1Cl. The molecule has 1 amide bonds. The molecule has 4 rings (SSSR count). The van der Waals surface area contributed by atoms with Gasteiger partial charge < -0.3 is 14.8 Å². The molecule has 4 nitrogen and oxygen atoms in total. The maximum atomic E-state index is 13.0. The van der Waals surface area contributed by atoms with Crippen LogP contribution in [-0.2, 0) is 17.6 Å². The zero-order valence-electron chi connectivity index (χ0n) is 17.5. The number of benzene rings is 3. The largest absolute Gasteiger partial charge is 0.490 e. The highest BCUT2D eigenvalue weighted by atomic mass is 35.5. The van der Waals surface area contributed by atoms with E-state index >= 15 is 0 Å². The lowest BCUT2D eigenvalue weighted by Gasteiger charge is -2.13. The topological polar surface area (TPSA) is 47.6 Å². The molecule has 0 radical (unpaired) electrons. The van der Waals surface area contributed by atoms with E-state index in [1.54, 1.807) is 30.3 Å². The van der Waals surface area contributed by atoms with E-state index in [-0.39, 0.29) is 17.9 Å². The Morgan fingerprint density at radius 1 is 1.00 bits per heavy atom. The second kappa shape index (κ2) is 9.19. The molecule has 33 heavy (non-hydrogen) atoms. The summed E-state index contributed by atoms with van der Waals surface area (Å²) >= 11 is 6.18. The van der Waals surface area contributed by atoms with Crippen LogP contribution in [0.1, 0.15) is 29.2 Å². The van der Waals surface area contributed by atoms with Crippen LogP contribution in [0.4, 0.5) is 18.9 Å². The van der Waals surface area contributed by atoms with Crippen molar-refractivity contribution in [2.75, 3.05) is 11.9 Å². The molecular weight excluding hydrogens is 455 g/mol. The number of alkyl halides is 3. The number of hydrogen-bond donors (Lipinski definition) is 1. The van der Waals surface area contributed by atoms with Crippen LogP contribution in [0.25, 0.3) is 11.6 Å². The van der Waals surface area contributed by atoms with Crippen molar-refractivity contribution in [3.63, 3.8) is 0 Å². The first-order chi connectivity index (χ1) is 15.8. The summed E-state index contributed by atoms with van der Waals surface area (Å²) in [5.41, 5.74) is 1.45. The Morgan fingerprint density at radius 2 is 1.79 bits per heavy atom. The standard InChI is InChI=1S/C25H19ClF3NO3/c1-2-32-23-12-15(7-10-22(23)33-14-16-5-3-4-6-20(16)26)11-19-18-9-8-17(25(27,28)29)13-21(18)30-24(19)31/h3-13H,2,14H2,1H3,(H,30,31)/b19-11+. The van der Waals surface area contributed by atoms with E-state index in [0.717, 1.165) is 17.7 Å². The number of amides is 1. The second-order valence-corrected chi connectivity index (χ2v) is 7.70. The Hall–Kier alpha value is -3.45. The molecule has 0 saturated heterocycles. The number of rotatable bonds is 6. The molecule has 1 aliphatic rings. The summed E-state index contributed by atoms with van der Waals surface area (Å²) in [7, 11) is 0. The molecule has 0 aromatic heterocycles. The zero-order valence-corrected chi connectivity index (χ0v) is 18.3. The fourth-order valence-electron chi connectivity index (χ4n) is 3.45. The van der Waals surface area contributed by atoms with Gasteiger partial charge in [-0.25, -0.2) is 0 Å². The summed E-state index contributed by atoms with van der Waals surface area (Å²) in [6.07, 6.45) is -2.88. The van der Waals surface area contributed by atoms with Crippen molar-refractivity contribution in [3.05, 3.63) is 87.9 Å². The monoisotopic (exact) mass is 473 g/mol. The highest BCUT2D eigenvalue weighted by Crippen LogP contribution is 2.39. The van der Waals surface area contributed by atoms with Gasteiger partial charge >= 0.3 is 6.18 Å². The minimum absolute atomic E-state index is 0.130. The number of hydrogen-bond acceptors (Lipinski definition) is 3. The summed E-state index contributed by atoms with van der Waals surface area (Å²) in [6, 6.07) is 15.7. The number of halogens is 4. The number of fused-ring (bicyclic) bond motifs is 1. The Kier molecular flexibility index (Phi) is 6.33. The maximum Gasteiger partial charge on any atom is 0.416 e. The van der Waals surface area contributed by atoms with Gasteiger partial charge in [0.15, 0.2) is 11.5 Å².